The van der Waals surface area contributed by atoms with Crippen LogP contribution < -0.4 is 10.9 Å². The highest BCUT2D eigenvalue weighted by Crippen LogP contribution is 2.28. The molecule has 0 heterocycles. The van der Waals surface area contributed by atoms with E-state index < -0.39 is 10.0 Å². The first-order valence-corrected chi connectivity index (χ1v) is 5.90. The van der Waals surface area contributed by atoms with Crippen molar-refractivity contribution in [3.8, 4) is 0 Å². The van der Waals surface area contributed by atoms with Crippen LogP contribution in [-0.2, 0) is 16.4 Å². The van der Waals surface area contributed by atoms with Gasteiger partial charge < -0.3 is 5.73 Å². The first-order valence-electron chi connectivity index (χ1n) is 3.97. The molecule has 6 heteroatoms. The molecule has 0 aliphatic carbocycles. The largest absolute Gasteiger partial charge is 0.397 e. The van der Waals surface area contributed by atoms with Gasteiger partial charge in [0.15, 0.2) is 0 Å². The summed E-state index contributed by atoms with van der Waals surface area (Å²) in [5.74, 6) is 0. The van der Waals surface area contributed by atoms with Crippen molar-refractivity contribution in [2.45, 2.75) is 18.2 Å². The average molecular weight is 235 g/mol. The molecule has 0 saturated carbocycles. The molecular formula is C8H11ClN2O2S. The van der Waals surface area contributed by atoms with E-state index in [1.54, 1.807) is 0 Å². The molecule has 0 atom stereocenters. The molecule has 0 spiro atoms. The van der Waals surface area contributed by atoms with Crippen molar-refractivity contribution >= 4 is 27.3 Å². The zero-order valence-corrected chi connectivity index (χ0v) is 9.19. The lowest BCUT2D eigenvalue weighted by molar-refractivity contribution is 0.598. The number of halogens is 1. The minimum Gasteiger partial charge on any atom is -0.397 e. The van der Waals surface area contributed by atoms with Gasteiger partial charge in [0.25, 0.3) is 0 Å². The number of sulfonamides is 1. The monoisotopic (exact) mass is 234 g/mol. The lowest BCUT2D eigenvalue weighted by atomic mass is 10.1. The Morgan fingerprint density at radius 2 is 2.00 bits per heavy atom. The number of hydrogen-bond donors (Lipinski definition) is 2. The number of anilines is 1. The van der Waals surface area contributed by atoms with Crippen LogP contribution in [0.15, 0.2) is 17.0 Å². The Hall–Kier alpha value is -0.780. The Morgan fingerprint density at radius 1 is 1.43 bits per heavy atom. The van der Waals surface area contributed by atoms with Gasteiger partial charge in [-0.05, 0) is 24.1 Å². The van der Waals surface area contributed by atoms with E-state index >= 15 is 0 Å². The second kappa shape index (κ2) is 3.76. The van der Waals surface area contributed by atoms with Gasteiger partial charge in [0.2, 0.25) is 10.0 Å². The predicted octanol–water partition coefficient (Wildman–Crippen LogP) is 1.13. The van der Waals surface area contributed by atoms with Crippen LogP contribution in [0.4, 0.5) is 5.69 Å². The van der Waals surface area contributed by atoms with Crippen LogP contribution in [0.2, 0.25) is 5.02 Å². The van der Waals surface area contributed by atoms with Crippen molar-refractivity contribution in [1.29, 1.82) is 0 Å². The summed E-state index contributed by atoms with van der Waals surface area (Å²) in [6.07, 6.45) is 0.564. The highest BCUT2D eigenvalue weighted by Gasteiger charge is 2.16. The van der Waals surface area contributed by atoms with Crippen LogP contribution >= 0.6 is 11.6 Å². The van der Waals surface area contributed by atoms with E-state index in [4.69, 9.17) is 22.5 Å². The van der Waals surface area contributed by atoms with E-state index in [9.17, 15) is 8.42 Å². The van der Waals surface area contributed by atoms with Crippen LogP contribution in [0.3, 0.4) is 0 Å². The zero-order chi connectivity index (χ0) is 10.9. The van der Waals surface area contributed by atoms with E-state index in [1.807, 2.05) is 6.92 Å². The summed E-state index contributed by atoms with van der Waals surface area (Å²) in [5.41, 5.74) is 6.39. The summed E-state index contributed by atoms with van der Waals surface area (Å²) in [7, 11) is -3.77. The van der Waals surface area contributed by atoms with Crippen LogP contribution in [0.25, 0.3) is 0 Å². The average Bonchev–Trinajstić information content (AvgIpc) is 2.02. The van der Waals surface area contributed by atoms with E-state index in [0.717, 1.165) is 0 Å². The Kier molecular flexibility index (Phi) is 3.04. The number of benzene rings is 1. The molecule has 1 rings (SSSR count). The van der Waals surface area contributed by atoms with Gasteiger partial charge in [-0.2, -0.15) is 0 Å². The highest BCUT2D eigenvalue weighted by atomic mass is 35.5. The lowest BCUT2D eigenvalue weighted by Crippen LogP contribution is -2.15. The number of nitrogens with two attached hydrogens (primary N) is 2. The summed E-state index contributed by atoms with van der Waals surface area (Å²) < 4.78 is 22.2. The van der Waals surface area contributed by atoms with Crippen molar-refractivity contribution in [3.05, 3.63) is 22.7 Å². The molecule has 1 aromatic rings. The molecule has 4 nitrogen and oxygen atoms in total. The Labute approximate surface area is 87.9 Å². The summed E-state index contributed by atoms with van der Waals surface area (Å²) in [5, 5.41) is 5.44. The first-order chi connectivity index (χ1) is 6.38. The second-order valence-corrected chi connectivity index (χ2v) is 4.77. The smallest absolute Gasteiger partial charge is 0.240 e. The van der Waals surface area contributed by atoms with E-state index in [-0.39, 0.29) is 10.6 Å². The summed E-state index contributed by atoms with van der Waals surface area (Å²) in [4.78, 5) is -0.0706. The molecule has 0 amide bonds. The molecule has 0 unspecified atom stereocenters. The van der Waals surface area contributed by atoms with Gasteiger partial charge in [0.05, 0.1) is 5.69 Å². The summed E-state index contributed by atoms with van der Waals surface area (Å²) >= 11 is 5.84. The van der Waals surface area contributed by atoms with Gasteiger partial charge in [0.1, 0.15) is 4.90 Å². The number of rotatable bonds is 2. The standard InChI is InChI=1S/C8H11ClN2O2S/c1-2-5-6(9)3-4-7(8(5)10)14(11,12)13/h3-4H,2,10H2,1H3,(H2,11,12,13). The van der Waals surface area contributed by atoms with Crippen molar-refractivity contribution in [2.75, 3.05) is 5.73 Å². The van der Waals surface area contributed by atoms with Crippen molar-refractivity contribution < 1.29 is 8.42 Å². The van der Waals surface area contributed by atoms with Gasteiger partial charge in [-0.15, -0.1) is 0 Å². The maximum Gasteiger partial charge on any atom is 0.240 e. The van der Waals surface area contributed by atoms with Gasteiger partial charge in [-0.1, -0.05) is 18.5 Å². The molecule has 0 aromatic heterocycles. The molecule has 0 fully saturated rings. The molecule has 0 aliphatic heterocycles. The van der Waals surface area contributed by atoms with E-state index in [0.29, 0.717) is 17.0 Å². The third kappa shape index (κ3) is 2.00. The molecule has 1 aromatic carbocycles. The zero-order valence-electron chi connectivity index (χ0n) is 7.62. The topological polar surface area (TPSA) is 86.2 Å². The van der Waals surface area contributed by atoms with Crippen LogP contribution in [0, 0.1) is 0 Å². The minimum atomic E-state index is -3.77. The Morgan fingerprint density at radius 3 is 2.43 bits per heavy atom. The van der Waals surface area contributed by atoms with Crippen LogP contribution in [-0.4, -0.2) is 8.42 Å². The first kappa shape index (κ1) is 11.3. The minimum absolute atomic E-state index is 0.0706. The normalized spacial score (nSPS) is 11.6. The lowest BCUT2D eigenvalue weighted by Gasteiger charge is -2.09. The molecule has 0 bridgehead atoms. The van der Waals surface area contributed by atoms with E-state index in [1.165, 1.54) is 12.1 Å². The second-order valence-electron chi connectivity index (χ2n) is 2.84. The van der Waals surface area contributed by atoms with Gasteiger partial charge in [0, 0.05) is 5.02 Å². The molecule has 4 N–H and O–H groups in total. The Bertz CT molecular complexity index is 457. The third-order valence-electron chi connectivity index (χ3n) is 1.92. The number of hydrogen-bond acceptors (Lipinski definition) is 3. The number of primary sulfonamides is 1. The van der Waals surface area contributed by atoms with Crippen LogP contribution in [0.1, 0.15) is 12.5 Å². The van der Waals surface area contributed by atoms with Gasteiger partial charge in [-0.3, -0.25) is 0 Å². The molecule has 14 heavy (non-hydrogen) atoms. The quantitative estimate of drug-likeness (QED) is 0.753. The number of nitrogen functional groups attached to an aromatic ring is 1. The molecule has 0 saturated heterocycles. The fourth-order valence-electron chi connectivity index (χ4n) is 1.22. The van der Waals surface area contributed by atoms with Gasteiger partial charge in [-0.25, -0.2) is 13.6 Å². The van der Waals surface area contributed by atoms with Crippen molar-refractivity contribution in [2.24, 2.45) is 5.14 Å². The fraction of sp³-hybridized carbons (Fsp3) is 0.250. The molecular weight excluding hydrogens is 224 g/mol. The van der Waals surface area contributed by atoms with Gasteiger partial charge >= 0.3 is 0 Å². The molecule has 78 valence electrons. The maximum absolute atomic E-state index is 11.1. The summed E-state index contributed by atoms with van der Waals surface area (Å²) in [6.45, 7) is 1.84. The summed E-state index contributed by atoms with van der Waals surface area (Å²) in [6, 6.07) is 2.79. The molecule has 0 aliphatic rings. The third-order valence-corrected chi connectivity index (χ3v) is 3.24. The van der Waals surface area contributed by atoms with E-state index in [2.05, 4.69) is 0 Å². The maximum atomic E-state index is 11.1. The molecule has 0 radical (unpaired) electrons. The van der Waals surface area contributed by atoms with Crippen molar-refractivity contribution in [1.82, 2.24) is 0 Å². The predicted molar refractivity (Wildman–Crippen MR) is 56.6 cm³/mol. The van der Waals surface area contributed by atoms with Crippen LogP contribution in [0.5, 0.6) is 0 Å². The van der Waals surface area contributed by atoms with Crippen molar-refractivity contribution in [3.63, 3.8) is 0 Å². The fourth-order valence-corrected chi connectivity index (χ4v) is 2.21. The Balaban J connectivity index is 3.52. The highest BCUT2D eigenvalue weighted by molar-refractivity contribution is 7.89. The SMILES string of the molecule is CCc1c(Cl)ccc(S(N)(=O)=O)c1N.